The normalized spacial score (nSPS) is 25.2. The molecule has 0 aliphatic carbocycles. The molecule has 1 N–H and O–H groups in total. The first-order chi connectivity index (χ1) is 7.66. The summed E-state index contributed by atoms with van der Waals surface area (Å²) in [4.78, 5) is 4.41. The van der Waals surface area contributed by atoms with Gasteiger partial charge in [0.15, 0.2) is 0 Å². The molecule has 2 rings (SSSR count). The molecule has 2 nitrogen and oxygen atoms in total. The first-order valence-electron chi connectivity index (χ1n) is 6.32. The predicted octanol–water partition coefficient (Wildman–Crippen LogP) is 2.88. The Kier molecular flexibility index (Phi) is 3.59. The molecule has 1 aromatic heterocycles. The molecule has 1 aliphatic heterocycles. The van der Waals surface area contributed by atoms with Crippen LogP contribution in [0.4, 0.5) is 0 Å². The van der Waals surface area contributed by atoms with Crippen LogP contribution in [0.3, 0.4) is 0 Å². The molecular formula is C14H22N2. The number of hydrogen-bond donors (Lipinski definition) is 1. The van der Waals surface area contributed by atoms with Crippen molar-refractivity contribution in [3.8, 4) is 0 Å². The van der Waals surface area contributed by atoms with E-state index in [0.717, 1.165) is 18.2 Å². The van der Waals surface area contributed by atoms with Crippen LogP contribution in [0.5, 0.6) is 0 Å². The van der Waals surface area contributed by atoms with Crippen LogP contribution in [0.2, 0.25) is 0 Å². The Labute approximate surface area is 98.5 Å². The average Bonchev–Trinajstić information content (AvgIpc) is 2.66. The molecule has 0 amide bonds. The van der Waals surface area contributed by atoms with E-state index in [9.17, 15) is 0 Å². The van der Waals surface area contributed by atoms with Crippen molar-refractivity contribution in [2.45, 2.75) is 45.6 Å². The Bertz CT molecular complexity index is 329. The van der Waals surface area contributed by atoms with Crippen molar-refractivity contribution < 1.29 is 0 Å². The zero-order valence-corrected chi connectivity index (χ0v) is 10.5. The van der Waals surface area contributed by atoms with Crippen molar-refractivity contribution in [3.63, 3.8) is 0 Å². The van der Waals surface area contributed by atoms with Gasteiger partial charge in [-0.2, -0.15) is 0 Å². The van der Waals surface area contributed by atoms with Crippen molar-refractivity contribution >= 4 is 0 Å². The molecule has 0 radical (unpaired) electrons. The second-order valence-electron chi connectivity index (χ2n) is 5.32. The fourth-order valence-electron chi connectivity index (χ4n) is 2.62. The van der Waals surface area contributed by atoms with Crippen LogP contribution in [-0.2, 0) is 0 Å². The molecule has 0 saturated carbocycles. The zero-order valence-electron chi connectivity index (χ0n) is 10.5. The highest BCUT2D eigenvalue weighted by molar-refractivity contribution is 5.21. The number of rotatable bonds is 3. The first kappa shape index (κ1) is 11.6. The van der Waals surface area contributed by atoms with E-state index in [4.69, 9.17) is 0 Å². The summed E-state index contributed by atoms with van der Waals surface area (Å²) in [5.41, 5.74) is 2.51. The van der Waals surface area contributed by atoms with Gasteiger partial charge in [-0.15, -0.1) is 0 Å². The summed E-state index contributed by atoms with van der Waals surface area (Å²) in [6, 6.07) is 5.01. The Balaban J connectivity index is 2.10. The summed E-state index contributed by atoms with van der Waals surface area (Å²) >= 11 is 0. The molecule has 1 fully saturated rings. The molecule has 16 heavy (non-hydrogen) atoms. The van der Waals surface area contributed by atoms with Crippen molar-refractivity contribution in [2.75, 3.05) is 6.54 Å². The van der Waals surface area contributed by atoms with E-state index in [1.165, 1.54) is 18.4 Å². The number of aromatic nitrogens is 1. The summed E-state index contributed by atoms with van der Waals surface area (Å²) in [5, 5.41) is 3.62. The lowest BCUT2D eigenvalue weighted by Crippen LogP contribution is -2.27. The fraction of sp³-hybridized carbons (Fsp3) is 0.643. The van der Waals surface area contributed by atoms with E-state index in [-0.39, 0.29) is 0 Å². The topological polar surface area (TPSA) is 24.9 Å². The van der Waals surface area contributed by atoms with Crippen molar-refractivity contribution in [3.05, 3.63) is 29.6 Å². The van der Waals surface area contributed by atoms with E-state index in [2.05, 4.69) is 42.5 Å². The van der Waals surface area contributed by atoms with Gasteiger partial charge in [0.1, 0.15) is 0 Å². The van der Waals surface area contributed by atoms with Gasteiger partial charge < -0.3 is 5.32 Å². The van der Waals surface area contributed by atoms with Gasteiger partial charge in [0.25, 0.3) is 0 Å². The molecule has 1 saturated heterocycles. The highest BCUT2D eigenvalue weighted by Crippen LogP contribution is 2.30. The predicted molar refractivity (Wildman–Crippen MR) is 67.6 cm³/mol. The van der Waals surface area contributed by atoms with Crippen molar-refractivity contribution in [1.82, 2.24) is 10.3 Å². The standard InChI is InChI=1S/C14H22N2/c1-10(2)8-14-13(6-7-15-14)12-5-4-11(3)16-9-12/h4-5,9-10,13-15H,6-8H2,1-3H3. The van der Waals surface area contributed by atoms with Gasteiger partial charge in [-0.25, -0.2) is 0 Å². The zero-order chi connectivity index (χ0) is 11.5. The first-order valence-corrected chi connectivity index (χ1v) is 6.32. The third kappa shape index (κ3) is 2.62. The highest BCUT2D eigenvalue weighted by Gasteiger charge is 2.28. The molecule has 0 bridgehead atoms. The van der Waals surface area contributed by atoms with Gasteiger partial charge >= 0.3 is 0 Å². The Morgan fingerprint density at radius 1 is 1.44 bits per heavy atom. The molecular weight excluding hydrogens is 196 g/mol. The molecule has 2 unspecified atom stereocenters. The number of nitrogens with one attached hydrogen (secondary N) is 1. The van der Waals surface area contributed by atoms with Gasteiger partial charge in [0.2, 0.25) is 0 Å². The minimum atomic E-state index is 0.643. The molecule has 1 aliphatic rings. The summed E-state index contributed by atoms with van der Waals surface area (Å²) in [6.45, 7) is 7.78. The smallest absolute Gasteiger partial charge is 0.0372 e. The molecule has 0 spiro atoms. The minimum Gasteiger partial charge on any atom is -0.313 e. The SMILES string of the molecule is Cc1ccc(C2CCNC2CC(C)C)cn1. The third-order valence-electron chi connectivity index (χ3n) is 3.44. The summed E-state index contributed by atoms with van der Waals surface area (Å²) in [5.74, 6) is 1.42. The van der Waals surface area contributed by atoms with Crippen LogP contribution in [0.1, 0.15) is 43.9 Å². The quantitative estimate of drug-likeness (QED) is 0.844. The van der Waals surface area contributed by atoms with Crippen molar-refractivity contribution in [1.29, 1.82) is 0 Å². The molecule has 0 aromatic carbocycles. The molecule has 88 valence electrons. The largest absolute Gasteiger partial charge is 0.313 e. The Morgan fingerprint density at radius 2 is 2.25 bits per heavy atom. The average molecular weight is 218 g/mol. The highest BCUT2D eigenvalue weighted by atomic mass is 15.0. The maximum atomic E-state index is 4.41. The number of aryl methyl sites for hydroxylation is 1. The summed E-state index contributed by atoms with van der Waals surface area (Å²) < 4.78 is 0. The minimum absolute atomic E-state index is 0.643. The summed E-state index contributed by atoms with van der Waals surface area (Å²) in [6.07, 6.45) is 4.57. The number of nitrogens with zero attached hydrogens (tertiary/aromatic N) is 1. The lowest BCUT2D eigenvalue weighted by molar-refractivity contribution is 0.433. The van der Waals surface area contributed by atoms with E-state index in [1.807, 2.05) is 6.92 Å². The molecule has 2 heterocycles. The van der Waals surface area contributed by atoms with E-state index in [0.29, 0.717) is 12.0 Å². The lowest BCUT2D eigenvalue weighted by Gasteiger charge is -2.21. The molecule has 2 atom stereocenters. The van der Waals surface area contributed by atoms with Crippen LogP contribution in [0, 0.1) is 12.8 Å². The van der Waals surface area contributed by atoms with Crippen LogP contribution in [0.25, 0.3) is 0 Å². The van der Waals surface area contributed by atoms with E-state index < -0.39 is 0 Å². The van der Waals surface area contributed by atoms with Gasteiger partial charge in [-0.05, 0) is 43.9 Å². The van der Waals surface area contributed by atoms with Gasteiger partial charge in [0.05, 0.1) is 0 Å². The fourth-order valence-corrected chi connectivity index (χ4v) is 2.62. The second kappa shape index (κ2) is 4.96. The van der Waals surface area contributed by atoms with E-state index >= 15 is 0 Å². The molecule has 2 heteroatoms. The Hall–Kier alpha value is -0.890. The monoisotopic (exact) mass is 218 g/mol. The summed E-state index contributed by atoms with van der Waals surface area (Å²) in [7, 11) is 0. The van der Waals surface area contributed by atoms with Gasteiger partial charge in [-0.1, -0.05) is 19.9 Å². The second-order valence-corrected chi connectivity index (χ2v) is 5.32. The Morgan fingerprint density at radius 3 is 2.88 bits per heavy atom. The van der Waals surface area contributed by atoms with Crippen LogP contribution < -0.4 is 5.32 Å². The molecule has 1 aromatic rings. The van der Waals surface area contributed by atoms with Crippen LogP contribution in [-0.4, -0.2) is 17.6 Å². The van der Waals surface area contributed by atoms with Crippen LogP contribution >= 0.6 is 0 Å². The third-order valence-corrected chi connectivity index (χ3v) is 3.44. The van der Waals surface area contributed by atoms with E-state index in [1.54, 1.807) is 0 Å². The van der Waals surface area contributed by atoms with Gasteiger partial charge in [0, 0.05) is 23.9 Å². The lowest BCUT2D eigenvalue weighted by atomic mass is 9.88. The number of pyridine rings is 1. The van der Waals surface area contributed by atoms with Crippen LogP contribution in [0.15, 0.2) is 18.3 Å². The maximum Gasteiger partial charge on any atom is 0.0372 e. The van der Waals surface area contributed by atoms with Crippen molar-refractivity contribution in [2.24, 2.45) is 5.92 Å². The van der Waals surface area contributed by atoms with Gasteiger partial charge in [-0.3, -0.25) is 4.98 Å². The maximum absolute atomic E-state index is 4.41. The number of hydrogen-bond acceptors (Lipinski definition) is 2.